The van der Waals surface area contributed by atoms with Crippen LogP contribution in [0.4, 0.5) is 13.2 Å². The fourth-order valence-electron chi connectivity index (χ4n) is 4.49. The number of likely N-dealkylation sites (tertiary alicyclic amines) is 1. The number of hydrogen-bond donors (Lipinski definition) is 0. The lowest BCUT2D eigenvalue weighted by molar-refractivity contribution is -0.0501. The molecule has 41 heavy (non-hydrogen) atoms. The fourth-order valence-corrected chi connectivity index (χ4v) is 5.84. The van der Waals surface area contributed by atoms with Crippen molar-refractivity contribution in [2.45, 2.75) is 50.6 Å². The largest absolute Gasteiger partial charge is 0.534 e. The van der Waals surface area contributed by atoms with E-state index in [9.17, 15) is 26.4 Å². The summed E-state index contributed by atoms with van der Waals surface area (Å²) in [6.45, 7) is 4.06. The number of halogens is 3. The second-order valence-electron chi connectivity index (χ2n) is 9.58. The van der Waals surface area contributed by atoms with Crippen LogP contribution in [0, 0.1) is 6.92 Å². The third-order valence-corrected chi connectivity index (χ3v) is 8.45. The van der Waals surface area contributed by atoms with Crippen molar-refractivity contribution in [1.82, 2.24) is 25.1 Å². The molecule has 4 heterocycles. The van der Waals surface area contributed by atoms with Crippen molar-refractivity contribution < 1.29 is 35.0 Å². The van der Waals surface area contributed by atoms with E-state index in [0.717, 1.165) is 22.3 Å². The van der Waals surface area contributed by atoms with E-state index in [1.165, 1.54) is 17.4 Å². The molecule has 1 saturated heterocycles. The van der Waals surface area contributed by atoms with Gasteiger partial charge in [0.15, 0.2) is 0 Å². The Morgan fingerprint density at radius 1 is 1.20 bits per heavy atom. The maximum absolute atomic E-state index is 13.6. The Labute approximate surface area is 237 Å². The van der Waals surface area contributed by atoms with Gasteiger partial charge in [-0.3, -0.25) is 4.79 Å². The monoisotopic (exact) mass is 607 g/mol. The third kappa shape index (κ3) is 6.25. The van der Waals surface area contributed by atoms with Crippen LogP contribution >= 0.6 is 11.3 Å². The molecule has 3 aromatic heterocycles. The van der Waals surface area contributed by atoms with Crippen molar-refractivity contribution in [2.24, 2.45) is 0 Å². The Kier molecular flexibility index (Phi) is 7.83. The van der Waals surface area contributed by atoms with Crippen molar-refractivity contribution in [2.75, 3.05) is 6.54 Å². The summed E-state index contributed by atoms with van der Waals surface area (Å²) < 4.78 is 72.9. The zero-order chi connectivity index (χ0) is 29.4. The molecule has 1 amide bonds. The number of pyridine rings is 1. The van der Waals surface area contributed by atoms with Gasteiger partial charge in [0.25, 0.3) is 11.8 Å². The number of carbonyl (C=O) groups is 1. The number of alkyl halides is 3. The molecule has 1 aromatic carbocycles. The minimum absolute atomic E-state index is 0.153. The van der Waals surface area contributed by atoms with Gasteiger partial charge in [0.05, 0.1) is 6.04 Å². The number of amides is 1. The van der Waals surface area contributed by atoms with Gasteiger partial charge in [0.2, 0.25) is 11.8 Å². The van der Waals surface area contributed by atoms with Gasteiger partial charge in [-0.15, -0.1) is 21.5 Å². The van der Waals surface area contributed by atoms with E-state index in [1.807, 2.05) is 49.6 Å². The molecule has 0 radical (unpaired) electrons. The number of thiazole rings is 1. The van der Waals surface area contributed by atoms with E-state index < -0.39 is 27.4 Å². The van der Waals surface area contributed by atoms with Gasteiger partial charge in [-0.2, -0.15) is 21.6 Å². The Morgan fingerprint density at radius 2 is 1.95 bits per heavy atom. The van der Waals surface area contributed by atoms with E-state index >= 15 is 0 Å². The topological polar surface area (TPSA) is 128 Å². The molecular formula is C26H24F3N5O5S2. The van der Waals surface area contributed by atoms with E-state index in [1.54, 1.807) is 4.90 Å². The highest BCUT2D eigenvalue weighted by molar-refractivity contribution is 7.87. The molecule has 2 atom stereocenters. The summed E-state index contributed by atoms with van der Waals surface area (Å²) in [7, 11) is -6.07. The maximum atomic E-state index is 13.6. The van der Waals surface area contributed by atoms with Gasteiger partial charge >= 0.3 is 15.6 Å². The lowest BCUT2D eigenvalue weighted by Crippen LogP contribution is -2.31. The van der Waals surface area contributed by atoms with Crippen LogP contribution in [0.1, 0.15) is 64.2 Å². The highest BCUT2D eigenvalue weighted by Gasteiger charge is 2.49. The normalized spacial score (nSPS) is 16.6. The zero-order valence-electron chi connectivity index (χ0n) is 21.8. The van der Waals surface area contributed by atoms with Crippen molar-refractivity contribution in [3.63, 3.8) is 0 Å². The first kappa shape index (κ1) is 28.7. The predicted octanol–water partition coefficient (Wildman–Crippen LogP) is 5.45. The lowest BCUT2D eigenvalue weighted by Gasteiger charge is -2.23. The number of carbonyl (C=O) groups excluding carboxylic acids is 1. The van der Waals surface area contributed by atoms with E-state index in [0.29, 0.717) is 25.8 Å². The fraction of sp³-hybridized carbons (Fsp3) is 0.346. The van der Waals surface area contributed by atoms with E-state index in [2.05, 4.69) is 24.3 Å². The number of aryl methyl sites for hydroxylation is 1. The predicted molar refractivity (Wildman–Crippen MR) is 142 cm³/mol. The average molecular weight is 608 g/mol. The molecule has 216 valence electrons. The molecule has 0 bridgehead atoms. The van der Waals surface area contributed by atoms with Gasteiger partial charge in [0.1, 0.15) is 10.7 Å². The number of hydrogen-bond acceptors (Lipinski definition) is 10. The van der Waals surface area contributed by atoms with E-state index in [-0.39, 0.29) is 35.0 Å². The van der Waals surface area contributed by atoms with Crippen molar-refractivity contribution in [3.05, 3.63) is 75.6 Å². The van der Waals surface area contributed by atoms with Crippen LogP contribution in [0.25, 0.3) is 11.6 Å². The van der Waals surface area contributed by atoms with E-state index in [4.69, 9.17) is 4.42 Å². The van der Waals surface area contributed by atoms with Gasteiger partial charge in [0, 0.05) is 35.2 Å². The minimum atomic E-state index is -6.07. The molecule has 2 unspecified atom stereocenters. The molecule has 1 fully saturated rings. The number of nitrogens with zero attached hydrogens (tertiary/aromatic N) is 5. The summed E-state index contributed by atoms with van der Waals surface area (Å²) in [6, 6.07) is 11.3. The molecule has 1 aliphatic heterocycles. The number of aromatic nitrogens is 4. The Balaban J connectivity index is 1.49. The highest BCUT2D eigenvalue weighted by Crippen LogP contribution is 2.36. The van der Waals surface area contributed by atoms with Crippen molar-refractivity contribution in [3.8, 4) is 17.5 Å². The first-order chi connectivity index (χ1) is 19.4. The lowest BCUT2D eigenvalue weighted by atomic mass is 10.0. The summed E-state index contributed by atoms with van der Waals surface area (Å²) in [5, 5.41) is 10.6. The molecule has 5 rings (SSSR count). The summed E-state index contributed by atoms with van der Waals surface area (Å²) in [5.74, 6) is -1.72. The van der Waals surface area contributed by atoms with Crippen LogP contribution in [0.2, 0.25) is 0 Å². The number of rotatable bonds is 8. The third-order valence-electron chi connectivity index (χ3n) is 6.43. The van der Waals surface area contributed by atoms with Crippen LogP contribution in [-0.4, -0.2) is 51.4 Å². The molecule has 10 nitrogen and oxygen atoms in total. The molecule has 4 aromatic rings. The molecule has 0 aliphatic carbocycles. The molecular weight excluding hydrogens is 583 g/mol. The standard InChI is InChI=1S/C26H24F3N5O5S2/c1-15(11-17-7-4-3-5-8-17)22-32-33-23(38-22)19-12-18(13-21(31-19)39-41(36,37)26(27,28)29)25(35)34-10-6-9-20(34)24-30-16(2)14-40-24/h3-5,7-8,12-15,20H,6,9-11H2,1-2H3. The highest BCUT2D eigenvalue weighted by atomic mass is 32.2. The van der Waals surface area contributed by atoms with Crippen LogP contribution < -0.4 is 4.18 Å². The SMILES string of the molecule is Cc1csc(C2CCCN2C(=O)c2cc(OS(=O)(=O)C(F)(F)F)nc(-c3nnc(C(C)Cc4ccccc4)o3)c2)n1. The summed E-state index contributed by atoms with van der Waals surface area (Å²) in [5.41, 5.74) is -4.25. The van der Waals surface area contributed by atoms with Crippen molar-refractivity contribution in [1.29, 1.82) is 0 Å². The first-order valence-corrected chi connectivity index (χ1v) is 14.8. The smallest absolute Gasteiger partial charge is 0.419 e. The number of benzene rings is 1. The van der Waals surface area contributed by atoms with Crippen LogP contribution in [0.5, 0.6) is 5.88 Å². The van der Waals surface area contributed by atoms with Gasteiger partial charge in [-0.1, -0.05) is 37.3 Å². The molecule has 1 aliphatic rings. The summed E-state index contributed by atoms with van der Waals surface area (Å²) >= 11 is 1.40. The van der Waals surface area contributed by atoms with Crippen LogP contribution in [-0.2, 0) is 16.5 Å². The molecule has 0 N–H and O–H groups in total. The Bertz CT molecular complexity index is 1660. The Morgan fingerprint density at radius 3 is 2.63 bits per heavy atom. The quantitative estimate of drug-likeness (QED) is 0.190. The van der Waals surface area contributed by atoms with Crippen LogP contribution in [0.15, 0.2) is 52.3 Å². The zero-order valence-corrected chi connectivity index (χ0v) is 23.5. The maximum Gasteiger partial charge on any atom is 0.534 e. The van der Waals surface area contributed by atoms with Gasteiger partial charge in [-0.25, -0.2) is 9.97 Å². The second kappa shape index (κ2) is 11.2. The molecule has 0 saturated carbocycles. The van der Waals surface area contributed by atoms with Crippen molar-refractivity contribution >= 4 is 27.4 Å². The average Bonchev–Trinajstić information content (AvgIpc) is 3.68. The van der Waals surface area contributed by atoms with Crippen LogP contribution in [0.3, 0.4) is 0 Å². The summed E-state index contributed by atoms with van der Waals surface area (Å²) in [4.78, 5) is 23.5. The first-order valence-electron chi connectivity index (χ1n) is 12.5. The van der Waals surface area contributed by atoms with Gasteiger partial charge in [-0.05, 0) is 37.8 Å². The minimum Gasteiger partial charge on any atom is -0.419 e. The second-order valence-corrected chi connectivity index (χ2v) is 12.0. The summed E-state index contributed by atoms with van der Waals surface area (Å²) in [6.07, 6.45) is 1.90. The molecule has 0 spiro atoms. The molecule has 15 heteroatoms. The van der Waals surface area contributed by atoms with Gasteiger partial charge < -0.3 is 13.5 Å². The Hall–Kier alpha value is -3.85.